The number of nitrogens with zero attached hydrogens (tertiary/aromatic N) is 1. The Kier molecular flexibility index (Phi) is 4.71. The van der Waals surface area contributed by atoms with E-state index in [0.717, 1.165) is 18.8 Å². The Morgan fingerprint density at radius 1 is 0.957 bits per heavy atom. The fourth-order valence-electron chi connectivity index (χ4n) is 2.61. The second-order valence-corrected chi connectivity index (χ2v) is 7.92. The fraction of sp³-hybridized carbons (Fsp3) is 0.250. The van der Waals surface area contributed by atoms with Crippen LogP contribution in [0.25, 0.3) is 0 Å². The largest absolute Gasteiger partial charge is 0.372 e. The van der Waals surface area contributed by atoms with Gasteiger partial charge in [-0.1, -0.05) is 23.2 Å². The van der Waals surface area contributed by atoms with Gasteiger partial charge >= 0.3 is 0 Å². The van der Waals surface area contributed by atoms with E-state index >= 15 is 0 Å². The molecule has 1 heterocycles. The van der Waals surface area contributed by atoms with Gasteiger partial charge < -0.3 is 4.90 Å². The Hall–Kier alpha value is -1.43. The van der Waals surface area contributed by atoms with Crippen molar-refractivity contribution < 1.29 is 8.42 Å². The highest BCUT2D eigenvalue weighted by atomic mass is 35.5. The van der Waals surface area contributed by atoms with Gasteiger partial charge in [-0.05, 0) is 55.3 Å². The predicted octanol–water partition coefficient (Wildman–Crippen LogP) is 4.39. The molecule has 23 heavy (non-hydrogen) atoms. The van der Waals surface area contributed by atoms with Crippen molar-refractivity contribution in [3.05, 3.63) is 52.5 Å². The first kappa shape index (κ1) is 16.4. The van der Waals surface area contributed by atoms with Gasteiger partial charge in [0.25, 0.3) is 10.0 Å². The summed E-state index contributed by atoms with van der Waals surface area (Å²) >= 11 is 11.8. The van der Waals surface area contributed by atoms with Gasteiger partial charge in [0.2, 0.25) is 0 Å². The Labute approximate surface area is 146 Å². The first-order valence-electron chi connectivity index (χ1n) is 7.29. The molecule has 0 amide bonds. The standard InChI is InChI=1S/C16H16Cl2N2O2S/c17-12-3-8-15(18)16(11-12)23(21,22)19-13-4-6-14(7-5-13)20-9-1-2-10-20/h3-8,11,19H,1-2,9-10H2. The highest BCUT2D eigenvalue weighted by Crippen LogP contribution is 2.28. The van der Waals surface area contributed by atoms with E-state index in [-0.39, 0.29) is 9.92 Å². The number of sulfonamides is 1. The molecular weight excluding hydrogens is 355 g/mol. The van der Waals surface area contributed by atoms with Gasteiger partial charge in [0, 0.05) is 29.5 Å². The molecule has 0 bridgehead atoms. The summed E-state index contributed by atoms with van der Waals surface area (Å²) in [5, 5.41) is 0.453. The second-order valence-electron chi connectivity index (χ2n) is 5.42. The molecular formula is C16H16Cl2N2O2S. The number of benzene rings is 2. The van der Waals surface area contributed by atoms with Gasteiger partial charge in [-0.15, -0.1) is 0 Å². The van der Waals surface area contributed by atoms with Crippen molar-refractivity contribution >= 4 is 44.6 Å². The van der Waals surface area contributed by atoms with Gasteiger partial charge in [0.1, 0.15) is 4.90 Å². The molecule has 7 heteroatoms. The SMILES string of the molecule is O=S(=O)(Nc1ccc(N2CCCC2)cc1)c1cc(Cl)ccc1Cl. The zero-order valence-electron chi connectivity index (χ0n) is 12.3. The molecule has 0 atom stereocenters. The minimum Gasteiger partial charge on any atom is -0.372 e. The quantitative estimate of drug-likeness (QED) is 0.867. The van der Waals surface area contributed by atoms with Crippen LogP contribution in [0, 0.1) is 0 Å². The average molecular weight is 371 g/mol. The molecule has 2 aromatic rings. The molecule has 0 aromatic heterocycles. The predicted molar refractivity (Wildman–Crippen MR) is 95.2 cm³/mol. The van der Waals surface area contributed by atoms with Crippen LogP contribution >= 0.6 is 23.2 Å². The van der Waals surface area contributed by atoms with Crippen molar-refractivity contribution in [2.75, 3.05) is 22.7 Å². The average Bonchev–Trinajstić information content (AvgIpc) is 3.04. The maximum absolute atomic E-state index is 12.5. The molecule has 0 radical (unpaired) electrons. The lowest BCUT2D eigenvalue weighted by Gasteiger charge is -2.18. The summed E-state index contributed by atoms with van der Waals surface area (Å²) in [5.41, 5.74) is 1.59. The molecule has 122 valence electrons. The second kappa shape index (κ2) is 6.59. The van der Waals surface area contributed by atoms with Crippen LogP contribution in [0.2, 0.25) is 10.0 Å². The van der Waals surface area contributed by atoms with E-state index in [1.807, 2.05) is 12.1 Å². The van der Waals surface area contributed by atoms with Gasteiger partial charge in [-0.25, -0.2) is 8.42 Å². The third-order valence-electron chi connectivity index (χ3n) is 3.77. The van der Waals surface area contributed by atoms with E-state index in [9.17, 15) is 8.42 Å². The summed E-state index contributed by atoms with van der Waals surface area (Å²) in [6, 6.07) is 11.7. The van der Waals surface area contributed by atoms with Crippen molar-refractivity contribution in [2.45, 2.75) is 17.7 Å². The molecule has 0 unspecified atom stereocenters. The first-order chi connectivity index (χ1) is 11.0. The third-order valence-corrected chi connectivity index (χ3v) is 5.87. The van der Waals surface area contributed by atoms with Crippen molar-refractivity contribution in [2.24, 2.45) is 0 Å². The van der Waals surface area contributed by atoms with Crippen LogP contribution in [0.15, 0.2) is 47.4 Å². The zero-order chi connectivity index (χ0) is 16.4. The van der Waals surface area contributed by atoms with Crippen LogP contribution in [-0.4, -0.2) is 21.5 Å². The van der Waals surface area contributed by atoms with Crippen molar-refractivity contribution in [1.29, 1.82) is 0 Å². The van der Waals surface area contributed by atoms with Crippen LogP contribution < -0.4 is 9.62 Å². The fourth-order valence-corrected chi connectivity index (χ4v) is 4.43. The normalized spacial score (nSPS) is 15.0. The Morgan fingerprint density at radius 3 is 2.26 bits per heavy atom. The monoisotopic (exact) mass is 370 g/mol. The molecule has 4 nitrogen and oxygen atoms in total. The number of hydrogen-bond donors (Lipinski definition) is 1. The molecule has 3 rings (SSSR count). The lowest BCUT2D eigenvalue weighted by Crippen LogP contribution is -2.17. The molecule has 1 fully saturated rings. The molecule has 0 spiro atoms. The van der Waals surface area contributed by atoms with E-state index in [4.69, 9.17) is 23.2 Å². The number of rotatable bonds is 4. The lowest BCUT2D eigenvalue weighted by atomic mass is 10.2. The minimum atomic E-state index is -3.78. The maximum atomic E-state index is 12.5. The Bertz CT molecular complexity index is 801. The van der Waals surface area contributed by atoms with Crippen molar-refractivity contribution in [1.82, 2.24) is 0 Å². The van der Waals surface area contributed by atoms with Crippen LogP contribution in [0.4, 0.5) is 11.4 Å². The van der Waals surface area contributed by atoms with Gasteiger partial charge in [-0.2, -0.15) is 0 Å². The molecule has 0 aliphatic carbocycles. The molecule has 1 saturated heterocycles. The summed E-state index contributed by atoms with van der Waals surface area (Å²) in [6.07, 6.45) is 2.39. The summed E-state index contributed by atoms with van der Waals surface area (Å²) in [4.78, 5) is 2.25. The molecule has 2 aromatic carbocycles. The van der Waals surface area contributed by atoms with Gasteiger partial charge in [-0.3, -0.25) is 4.72 Å². The van der Waals surface area contributed by atoms with Crippen LogP contribution in [0.3, 0.4) is 0 Å². The highest BCUT2D eigenvalue weighted by molar-refractivity contribution is 7.92. The van der Waals surface area contributed by atoms with Crippen LogP contribution in [0.1, 0.15) is 12.8 Å². The van der Waals surface area contributed by atoms with Crippen LogP contribution in [0.5, 0.6) is 0 Å². The lowest BCUT2D eigenvalue weighted by molar-refractivity contribution is 0.601. The Morgan fingerprint density at radius 2 is 1.61 bits per heavy atom. The number of halogens is 2. The van der Waals surface area contributed by atoms with Gasteiger partial charge in [0.15, 0.2) is 0 Å². The number of nitrogens with one attached hydrogen (secondary N) is 1. The topological polar surface area (TPSA) is 49.4 Å². The van der Waals surface area contributed by atoms with Crippen LogP contribution in [-0.2, 0) is 10.0 Å². The van der Waals surface area contributed by atoms with E-state index in [1.54, 1.807) is 18.2 Å². The summed E-state index contributed by atoms with van der Waals surface area (Å²) in [7, 11) is -3.78. The zero-order valence-corrected chi connectivity index (χ0v) is 14.6. The smallest absolute Gasteiger partial charge is 0.263 e. The van der Waals surface area contributed by atoms with E-state index < -0.39 is 10.0 Å². The summed E-state index contributed by atoms with van der Waals surface area (Å²) < 4.78 is 27.4. The highest BCUT2D eigenvalue weighted by Gasteiger charge is 2.19. The minimum absolute atomic E-state index is 0.0321. The summed E-state index contributed by atoms with van der Waals surface area (Å²) in [5.74, 6) is 0. The van der Waals surface area contributed by atoms with E-state index in [2.05, 4.69) is 9.62 Å². The maximum Gasteiger partial charge on any atom is 0.263 e. The summed E-state index contributed by atoms with van der Waals surface area (Å²) in [6.45, 7) is 2.09. The molecule has 0 saturated carbocycles. The number of anilines is 2. The molecule has 1 N–H and O–H groups in total. The van der Waals surface area contributed by atoms with Crippen molar-refractivity contribution in [3.8, 4) is 0 Å². The molecule has 1 aliphatic heterocycles. The van der Waals surface area contributed by atoms with Gasteiger partial charge in [0.05, 0.1) is 5.02 Å². The number of hydrogen-bond acceptors (Lipinski definition) is 3. The first-order valence-corrected chi connectivity index (χ1v) is 9.52. The van der Waals surface area contributed by atoms with Crippen molar-refractivity contribution in [3.63, 3.8) is 0 Å². The van der Waals surface area contributed by atoms with E-state index in [1.165, 1.54) is 25.0 Å². The Balaban J connectivity index is 1.81. The van der Waals surface area contributed by atoms with E-state index in [0.29, 0.717) is 10.7 Å². The third kappa shape index (κ3) is 3.74. The molecule has 1 aliphatic rings.